The molecule has 2 rings (SSSR count). The molecule has 0 bridgehead atoms. The van der Waals surface area contributed by atoms with Crippen molar-refractivity contribution in [1.29, 1.82) is 0 Å². The average molecular weight is 449 g/mol. The van der Waals surface area contributed by atoms with Crippen LogP contribution in [0.1, 0.15) is 51.4 Å². The number of nitrogens with two attached hydrogens (primary N) is 2. The molecule has 0 saturated carbocycles. The zero-order valence-electron chi connectivity index (χ0n) is 16.2. The van der Waals surface area contributed by atoms with E-state index in [9.17, 15) is 16.8 Å². The van der Waals surface area contributed by atoms with Crippen molar-refractivity contribution >= 4 is 31.6 Å². The third kappa shape index (κ3) is 22.2. The van der Waals surface area contributed by atoms with Crippen LogP contribution in [-0.4, -0.2) is 71.8 Å². The Morgan fingerprint density at radius 3 is 1.59 bits per heavy atom. The number of halogens is 1. The molecule has 2 aliphatic heterocycles. The maximum absolute atomic E-state index is 10.6. The molecule has 8 nitrogen and oxygen atoms in total. The predicted molar refractivity (Wildman–Crippen MR) is 113 cm³/mol. The molecule has 0 radical (unpaired) electrons. The van der Waals surface area contributed by atoms with Crippen LogP contribution in [-0.2, 0) is 20.0 Å². The van der Waals surface area contributed by atoms with Gasteiger partial charge in [-0.2, -0.15) is 0 Å². The topological polar surface area (TPSA) is 136 Å². The Morgan fingerprint density at radius 2 is 1.26 bits per heavy atom. The van der Waals surface area contributed by atoms with E-state index in [2.05, 4.69) is 15.4 Å². The zero-order chi connectivity index (χ0) is 20.6. The van der Waals surface area contributed by atoms with E-state index >= 15 is 0 Å². The minimum Gasteiger partial charge on any atom is -0.317 e. The smallest absolute Gasteiger partial charge is 0.209 e. The van der Waals surface area contributed by atoms with Gasteiger partial charge in [0.05, 0.1) is 11.5 Å². The molecule has 0 aromatic carbocycles. The summed E-state index contributed by atoms with van der Waals surface area (Å²) in [5.74, 6) is 0.441. The molecule has 0 aromatic heterocycles. The maximum Gasteiger partial charge on any atom is 0.209 e. The van der Waals surface area contributed by atoms with Crippen LogP contribution in [0.3, 0.4) is 0 Å². The molecule has 2 saturated heterocycles. The Bertz CT molecular complexity index is 537. The van der Waals surface area contributed by atoms with Crippen LogP contribution in [0.5, 0.6) is 0 Å². The standard InChI is InChI=1S/C8H18N2O2S.C5H11N.C3H8ClNO2S/c9-13(11,12)8-4-7-10-5-2-1-3-6-10;1-2-4-6-5-3-1;4-2-1-3-8(5,6)7/h1-8H2,(H2,9,11,12);6H,1-5H2;1-3H2,(H2,5,6,7). The largest absolute Gasteiger partial charge is 0.317 e. The third-order valence-corrected chi connectivity index (χ3v) is 6.10. The number of piperidine rings is 2. The SMILES string of the molecule is C1CCNCC1.NS(=O)(=O)CCCCl.NS(=O)(=O)CCCN1CCCCC1. The quantitative estimate of drug-likeness (QED) is 0.493. The summed E-state index contributed by atoms with van der Waals surface area (Å²) in [7, 11) is -6.52. The molecule has 164 valence electrons. The molecule has 27 heavy (non-hydrogen) atoms. The molecule has 11 heteroatoms. The monoisotopic (exact) mass is 448 g/mol. The molecule has 0 spiro atoms. The molecule has 0 atom stereocenters. The van der Waals surface area contributed by atoms with Gasteiger partial charge in [-0.1, -0.05) is 12.8 Å². The Labute approximate surface area is 170 Å². The Kier molecular flexibility index (Phi) is 15.9. The number of likely N-dealkylation sites (tertiary alicyclic amines) is 1. The summed E-state index contributed by atoms with van der Waals surface area (Å²) in [5, 5.41) is 12.8. The van der Waals surface area contributed by atoms with Crippen LogP contribution in [0.15, 0.2) is 0 Å². The van der Waals surface area contributed by atoms with Crippen LogP contribution < -0.4 is 15.6 Å². The van der Waals surface area contributed by atoms with Crippen LogP contribution in [0, 0.1) is 0 Å². The lowest BCUT2D eigenvalue weighted by molar-refractivity contribution is 0.229. The van der Waals surface area contributed by atoms with Crippen LogP contribution in [0.25, 0.3) is 0 Å². The van der Waals surface area contributed by atoms with Gasteiger partial charge in [-0.25, -0.2) is 27.1 Å². The van der Waals surface area contributed by atoms with E-state index in [1.807, 2.05) is 0 Å². The van der Waals surface area contributed by atoms with E-state index in [4.69, 9.17) is 16.7 Å². The van der Waals surface area contributed by atoms with Crippen molar-refractivity contribution < 1.29 is 16.8 Å². The van der Waals surface area contributed by atoms with Gasteiger partial charge in [0.2, 0.25) is 20.0 Å². The number of nitrogens with zero attached hydrogens (tertiary/aromatic N) is 1. The van der Waals surface area contributed by atoms with Gasteiger partial charge >= 0.3 is 0 Å². The molecule has 2 heterocycles. The van der Waals surface area contributed by atoms with Crippen molar-refractivity contribution in [2.75, 3.05) is 50.1 Å². The minimum atomic E-state index is -3.27. The second-order valence-corrected chi connectivity index (χ2v) is 10.7. The summed E-state index contributed by atoms with van der Waals surface area (Å²) < 4.78 is 41.5. The predicted octanol–water partition coefficient (Wildman–Crippen LogP) is 0.815. The second kappa shape index (κ2) is 15.9. The first-order chi connectivity index (χ1) is 12.6. The highest BCUT2D eigenvalue weighted by atomic mass is 35.5. The first-order valence-electron chi connectivity index (χ1n) is 9.64. The van der Waals surface area contributed by atoms with Crippen molar-refractivity contribution in [3.05, 3.63) is 0 Å². The number of alkyl halides is 1. The van der Waals surface area contributed by atoms with Gasteiger partial charge in [-0.05, 0) is 71.2 Å². The maximum atomic E-state index is 10.6. The number of nitrogens with one attached hydrogen (secondary N) is 1. The fourth-order valence-corrected chi connectivity index (χ4v) is 4.10. The van der Waals surface area contributed by atoms with Crippen molar-refractivity contribution in [2.24, 2.45) is 10.3 Å². The van der Waals surface area contributed by atoms with Gasteiger partial charge in [0.15, 0.2) is 0 Å². The van der Waals surface area contributed by atoms with Gasteiger partial charge in [0, 0.05) is 5.88 Å². The summed E-state index contributed by atoms with van der Waals surface area (Å²) in [4.78, 5) is 2.31. The molecule has 0 aliphatic carbocycles. The molecule has 0 aromatic rings. The normalized spacial score (nSPS) is 18.6. The fourth-order valence-electron chi connectivity index (χ4n) is 2.73. The lowest BCUT2D eigenvalue weighted by Gasteiger charge is -2.25. The molecule has 2 fully saturated rings. The molecule has 5 N–H and O–H groups in total. The van der Waals surface area contributed by atoms with E-state index < -0.39 is 20.0 Å². The zero-order valence-corrected chi connectivity index (χ0v) is 18.6. The van der Waals surface area contributed by atoms with Crippen molar-refractivity contribution in [2.45, 2.75) is 51.4 Å². The second-order valence-electron chi connectivity index (χ2n) is 6.84. The van der Waals surface area contributed by atoms with Gasteiger partial charge in [0.1, 0.15) is 0 Å². The highest BCUT2D eigenvalue weighted by molar-refractivity contribution is 7.89. The Morgan fingerprint density at radius 1 is 0.778 bits per heavy atom. The lowest BCUT2D eigenvalue weighted by atomic mass is 10.1. The highest BCUT2D eigenvalue weighted by Crippen LogP contribution is 2.08. The van der Waals surface area contributed by atoms with Gasteiger partial charge in [-0.3, -0.25) is 0 Å². The van der Waals surface area contributed by atoms with Crippen LogP contribution in [0.4, 0.5) is 0 Å². The number of rotatable bonds is 7. The van der Waals surface area contributed by atoms with E-state index in [0.29, 0.717) is 18.7 Å². The number of hydrogen-bond acceptors (Lipinski definition) is 6. The van der Waals surface area contributed by atoms with Crippen LogP contribution in [0.2, 0.25) is 0 Å². The Balaban J connectivity index is 0.000000412. The summed E-state index contributed by atoms with van der Waals surface area (Å²) >= 11 is 5.19. The molecular weight excluding hydrogens is 412 g/mol. The number of hydrogen-bond donors (Lipinski definition) is 3. The van der Waals surface area contributed by atoms with Crippen molar-refractivity contribution in [1.82, 2.24) is 10.2 Å². The number of sulfonamides is 2. The summed E-state index contributed by atoms with van der Waals surface area (Å²) in [5.41, 5.74) is 0. The summed E-state index contributed by atoms with van der Waals surface area (Å²) in [6, 6.07) is 0. The van der Waals surface area contributed by atoms with Crippen molar-refractivity contribution in [3.63, 3.8) is 0 Å². The average Bonchev–Trinajstić information content (AvgIpc) is 2.62. The highest BCUT2D eigenvalue weighted by Gasteiger charge is 2.10. The molecule has 2 aliphatic rings. The summed E-state index contributed by atoms with van der Waals surface area (Å²) in [6.07, 6.45) is 9.11. The van der Waals surface area contributed by atoms with E-state index in [1.165, 1.54) is 51.6 Å². The summed E-state index contributed by atoms with van der Waals surface area (Å²) in [6.45, 7) is 5.60. The van der Waals surface area contributed by atoms with E-state index in [0.717, 1.165) is 19.6 Å². The fraction of sp³-hybridized carbons (Fsp3) is 1.00. The van der Waals surface area contributed by atoms with Crippen LogP contribution >= 0.6 is 11.6 Å². The molecule has 0 unspecified atom stereocenters. The lowest BCUT2D eigenvalue weighted by Crippen LogP contribution is -2.32. The van der Waals surface area contributed by atoms with Gasteiger partial charge in [-0.15, -0.1) is 11.6 Å². The van der Waals surface area contributed by atoms with Gasteiger partial charge < -0.3 is 10.2 Å². The first kappa shape index (κ1) is 27.0. The number of primary sulfonamides is 2. The Hall–Kier alpha value is 0.0300. The van der Waals surface area contributed by atoms with E-state index in [-0.39, 0.29) is 11.5 Å². The molecular formula is C16H37ClN4O4S2. The minimum absolute atomic E-state index is 0.0174. The third-order valence-electron chi connectivity index (χ3n) is 4.12. The van der Waals surface area contributed by atoms with Crippen molar-refractivity contribution in [3.8, 4) is 0 Å². The van der Waals surface area contributed by atoms with E-state index in [1.54, 1.807) is 0 Å². The van der Waals surface area contributed by atoms with Gasteiger partial charge in [0.25, 0.3) is 0 Å². The molecule has 0 amide bonds. The first-order valence-corrected chi connectivity index (χ1v) is 13.6.